The molecule has 0 saturated heterocycles. The van der Waals surface area contributed by atoms with E-state index < -0.39 is 0 Å². The number of imidazole rings is 1. The number of amides is 1. The molecule has 0 unspecified atom stereocenters. The number of aryl methyl sites for hydroxylation is 2. The fraction of sp³-hybridized carbons (Fsp3) is 0.308. The van der Waals surface area contributed by atoms with Gasteiger partial charge in [-0.25, -0.2) is 15.0 Å². The van der Waals surface area contributed by atoms with E-state index in [4.69, 9.17) is 15.0 Å². The molecule has 7 nitrogen and oxygen atoms in total. The van der Waals surface area contributed by atoms with Crippen LogP contribution in [0.1, 0.15) is 34.9 Å². The van der Waals surface area contributed by atoms with Gasteiger partial charge in [0.25, 0.3) is 0 Å². The predicted molar refractivity (Wildman–Crippen MR) is 129 cm³/mol. The summed E-state index contributed by atoms with van der Waals surface area (Å²) in [5.74, 6) is 2.59. The summed E-state index contributed by atoms with van der Waals surface area (Å²) in [5.41, 5.74) is 5.25. The number of benzene rings is 2. The van der Waals surface area contributed by atoms with Crippen molar-refractivity contribution in [3.63, 3.8) is 0 Å². The molecule has 2 aromatic heterocycles. The van der Waals surface area contributed by atoms with Crippen LogP contribution in [0.2, 0.25) is 0 Å². The lowest BCUT2D eigenvalue weighted by Crippen LogP contribution is -2.36. The normalized spacial score (nSPS) is 13.7. The van der Waals surface area contributed by atoms with Crippen LogP contribution in [0.25, 0.3) is 11.0 Å². The monoisotopic (exact) mass is 440 g/mol. The van der Waals surface area contributed by atoms with Gasteiger partial charge in [0.2, 0.25) is 5.91 Å². The van der Waals surface area contributed by atoms with Crippen molar-refractivity contribution in [2.45, 2.75) is 39.4 Å². The van der Waals surface area contributed by atoms with Crippen molar-refractivity contribution >= 4 is 22.8 Å². The van der Waals surface area contributed by atoms with Gasteiger partial charge >= 0.3 is 0 Å². The Morgan fingerprint density at radius 1 is 0.939 bits per heavy atom. The molecule has 3 heterocycles. The number of hydrogen-bond donors (Lipinski definition) is 0. The first kappa shape index (κ1) is 21.3. The van der Waals surface area contributed by atoms with Gasteiger partial charge < -0.3 is 4.57 Å². The lowest BCUT2D eigenvalue weighted by Gasteiger charge is -2.30. The van der Waals surface area contributed by atoms with E-state index >= 15 is 0 Å². The highest BCUT2D eigenvalue weighted by molar-refractivity contribution is 5.95. The molecule has 33 heavy (non-hydrogen) atoms. The Morgan fingerprint density at radius 3 is 2.48 bits per heavy atom. The molecule has 7 heteroatoms. The zero-order valence-corrected chi connectivity index (χ0v) is 19.3. The second-order valence-electron chi connectivity index (χ2n) is 8.74. The fourth-order valence-electron chi connectivity index (χ4n) is 4.51. The summed E-state index contributed by atoms with van der Waals surface area (Å²) in [6.07, 6.45) is 1.19. The number of aromatic nitrogens is 4. The predicted octanol–water partition coefficient (Wildman–Crippen LogP) is 3.78. The highest BCUT2D eigenvalue weighted by Crippen LogP contribution is 2.29. The van der Waals surface area contributed by atoms with Gasteiger partial charge in [-0.15, -0.1) is 0 Å². The third-order valence-corrected chi connectivity index (χ3v) is 6.27. The van der Waals surface area contributed by atoms with Crippen LogP contribution in [0.4, 0.5) is 5.82 Å². The lowest BCUT2D eigenvalue weighted by atomic mass is 10.0. The zero-order chi connectivity index (χ0) is 22.9. The molecule has 0 aliphatic carbocycles. The Kier molecular flexibility index (Phi) is 5.64. The lowest BCUT2D eigenvalue weighted by molar-refractivity contribution is -0.119. The van der Waals surface area contributed by atoms with Crippen LogP contribution >= 0.6 is 0 Å². The van der Waals surface area contributed by atoms with Crippen molar-refractivity contribution in [3.8, 4) is 0 Å². The van der Waals surface area contributed by atoms with Crippen LogP contribution < -0.4 is 4.90 Å². The highest BCUT2D eigenvalue weighted by atomic mass is 16.2. The van der Waals surface area contributed by atoms with Gasteiger partial charge in [-0.3, -0.25) is 14.6 Å². The summed E-state index contributed by atoms with van der Waals surface area (Å²) in [5, 5.41) is 0. The molecule has 1 amide bonds. The molecule has 0 saturated carbocycles. The summed E-state index contributed by atoms with van der Waals surface area (Å²) in [6, 6.07) is 18.2. The Balaban J connectivity index is 1.39. The van der Waals surface area contributed by atoms with E-state index in [9.17, 15) is 4.79 Å². The number of rotatable bonds is 6. The van der Waals surface area contributed by atoms with Crippen molar-refractivity contribution in [2.75, 3.05) is 11.9 Å². The van der Waals surface area contributed by atoms with Crippen LogP contribution in [-0.2, 0) is 37.9 Å². The van der Waals surface area contributed by atoms with Gasteiger partial charge in [-0.1, -0.05) is 42.5 Å². The van der Waals surface area contributed by atoms with Crippen molar-refractivity contribution in [1.82, 2.24) is 24.4 Å². The molecule has 0 atom stereocenters. The SMILES string of the molecule is Cc1nc(CN(C)Cc2nc3ccccc3n2C)nc2c1CCC(=O)N2Cc1ccccc1. The average Bonchev–Trinajstić information content (AvgIpc) is 3.11. The first-order chi connectivity index (χ1) is 16.0. The van der Waals surface area contributed by atoms with E-state index in [2.05, 4.69) is 15.5 Å². The first-order valence-electron chi connectivity index (χ1n) is 11.3. The largest absolute Gasteiger partial charge is 0.330 e. The van der Waals surface area contributed by atoms with Crippen molar-refractivity contribution < 1.29 is 4.79 Å². The van der Waals surface area contributed by atoms with Crippen molar-refractivity contribution in [3.05, 3.63) is 83.1 Å². The van der Waals surface area contributed by atoms with E-state index in [0.717, 1.165) is 45.3 Å². The minimum atomic E-state index is 0.114. The van der Waals surface area contributed by atoms with E-state index in [1.165, 1.54) is 0 Å². The highest BCUT2D eigenvalue weighted by Gasteiger charge is 2.28. The third kappa shape index (κ3) is 4.24. The second-order valence-corrected chi connectivity index (χ2v) is 8.74. The quantitative estimate of drug-likeness (QED) is 0.456. The van der Waals surface area contributed by atoms with Crippen LogP contribution in [0, 0.1) is 6.92 Å². The fourth-order valence-corrected chi connectivity index (χ4v) is 4.51. The van der Waals surface area contributed by atoms with Gasteiger partial charge in [-0.2, -0.15) is 0 Å². The number of carbonyl (C=O) groups is 1. The molecule has 0 fully saturated rings. The molecule has 2 aromatic carbocycles. The Morgan fingerprint density at radius 2 is 1.70 bits per heavy atom. The Bertz CT molecular complexity index is 1310. The number of para-hydroxylation sites is 2. The minimum absolute atomic E-state index is 0.114. The number of hydrogen-bond acceptors (Lipinski definition) is 5. The molecule has 168 valence electrons. The van der Waals surface area contributed by atoms with Gasteiger partial charge in [0.05, 0.1) is 30.7 Å². The van der Waals surface area contributed by atoms with E-state index in [0.29, 0.717) is 32.5 Å². The van der Waals surface area contributed by atoms with Crippen LogP contribution in [-0.4, -0.2) is 37.4 Å². The molecule has 0 spiro atoms. The maximum Gasteiger partial charge on any atom is 0.228 e. The smallest absolute Gasteiger partial charge is 0.228 e. The molecule has 5 rings (SSSR count). The van der Waals surface area contributed by atoms with Gasteiger partial charge in [0, 0.05) is 24.7 Å². The molecule has 0 N–H and O–H groups in total. The van der Waals surface area contributed by atoms with Gasteiger partial charge in [0.1, 0.15) is 17.5 Å². The topological polar surface area (TPSA) is 67.2 Å². The second kappa shape index (κ2) is 8.75. The number of nitrogens with zero attached hydrogens (tertiary/aromatic N) is 6. The summed E-state index contributed by atoms with van der Waals surface area (Å²) >= 11 is 0. The average molecular weight is 441 g/mol. The Labute approximate surface area is 193 Å². The number of anilines is 1. The maximum absolute atomic E-state index is 12.8. The van der Waals surface area contributed by atoms with Crippen LogP contribution in [0.3, 0.4) is 0 Å². The van der Waals surface area contributed by atoms with Crippen LogP contribution in [0.15, 0.2) is 54.6 Å². The summed E-state index contributed by atoms with van der Waals surface area (Å²) < 4.78 is 2.13. The van der Waals surface area contributed by atoms with E-state index in [-0.39, 0.29) is 5.91 Å². The standard InChI is InChI=1S/C26H28N6O/c1-18-20-13-14-25(33)32(15-19-9-5-4-6-10-19)26(20)29-23(27-18)16-30(2)17-24-28-21-11-7-8-12-22(21)31(24)3/h4-12H,13-17H2,1-3H3. The number of fused-ring (bicyclic) bond motifs is 2. The molecule has 1 aliphatic heterocycles. The molecule has 4 aromatic rings. The number of carbonyl (C=O) groups excluding carboxylic acids is 1. The van der Waals surface area contributed by atoms with Crippen molar-refractivity contribution in [1.29, 1.82) is 0 Å². The summed E-state index contributed by atoms with van der Waals surface area (Å²) in [4.78, 5) is 31.2. The van der Waals surface area contributed by atoms with Crippen molar-refractivity contribution in [2.24, 2.45) is 7.05 Å². The zero-order valence-electron chi connectivity index (χ0n) is 19.3. The van der Waals surface area contributed by atoms with Gasteiger partial charge in [-0.05, 0) is 38.1 Å². The summed E-state index contributed by atoms with van der Waals surface area (Å²) in [6.45, 7) is 3.80. The minimum Gasteiger partial charge on any atom is -0.330 e. The Hall–Kier alpha value is -3.58. The third-order valence-electron chi connectivity index (χ3n) is 6.27. The van der Waals surface area contributed by atoms with Crippen LogP contribution in [0.5, 0.6) is 0 Å². The molecule has 0 radical (unpaired) electrons. The first-order valence-corrected chi connectivity index (χ1v) is 11.3. The summed E-state index contributed by atoms with van der Waals surface area (Å²) in [7, 11) is 4.09. The van der Waals surface area contributed by atoms with E-state index in [1.54, 1.807) is 0 Å². The molecule has 0 bridgehead atoms. The van der Waals surface area contributed by atoms with Gasteiger partial charge in [0.15, 0.2) is 0 Å². The van der Waals surface area contributed by atoms with E-state index in [1.807, 2.05) is 74.4 Å². The maximum atomic E-state index is 12.8. The molecule has 1 aliphatic rings. The molecular formula is C26H28N6O. The molecular weight excluding hydrogens is 412 g/mol.